The number of carboxylic acids is 1. The van der Waals surface area contributed by atoms with Gasteiger partial charge in [-0.15, -0.1) is 0 Å². The summed E-state index contributed by atoms with van der Waals surface area (Å²) in [5.41, 5.74) is 0. The Hall–Kier alpha value is -0.750. The van der Waals surface area contributed by atoms with E-state index in [1.54, 1.807) is 0 Å². The van der Waals surface area contributed by atoms with Crippen molar-refractivity contribution in [3.05, 3.63) is 0 Å². The minimum Gasteiger partial charge on any atom is -0.477 e. The maximum atomic E-state index is 12.8. The van der Waals surface area contributed by atoms with E-state index in [-0.39, 0.29) is 12.6 Å². The molecule has 0 aromatic carbocycles. The van der Waals surface area contributed by atoms with Crippen molar-refractivity contribution in [2.24, 2.45) is 0 Å². The van der Waals surface area contributed by atoms with Crippen LogP contribution in [0.3, 0.4) is 0 Å². The first kappa shape index (κ1) is 11.3. The molecule has 0 amide bonds. The second-order valence-electron chi connectivity index (χ2n) is 3.46. The second kappa shape index (κ2) is 4.18. The van der Waals surface area contributed by atoms with Gasteiger partial charge in [0.1, 0.15) is 0 Å². The van der Waals surface area contributed by atoms with Crippen LogP contribution < -0.4 is 0 Å². The highest BCUT2D eigenvalue weighted by molar-refractivity contribution is 5.75. The lowest BCUT2D eigenvalue weighted by molar-refractivity contribution is -0.167. The molecule has 0 aromatic rings. The average molecular weight is 209 g/mol. The summed E-state index contributed by atoms with van der Waals surface area (Å²) in [4.78, 5) is 11.5. The number of carbonyl (C=O) groups is 1. The molecule has 82 valence electrons. The first-order chi connectivity index (χ1) is 6.47. The Kier molecular flexibility index (Phi) is 3.38. The molecule has 1 aliphatic rings. The Morgan fingerprint density at radius 3 is 2.71 bits per heavy atom. The Morgan fingerprint density at radius 1 is 1.57 bits per heavy atom. The SMILES string of the molecule is O=C(O)C(F)(F)CN1CCC[C@@H]1CO. The summed E-state index contributed by atoms with van der Waals surface area (Å²) >= 11 is 0. The molecule has 0 aromatic heterocycles. The van der Waals surface area contributed by atoms with E-state index in [4.69, 9.17) is 10.2 Å². The van der Waals surface area contributed by atoms with Gasteiger partial charge in [-0.25, -0.2) is 4.79 Å². The third-order valence-corrected chi connectivity index (χ3v) is 2.42. The van der Waals surface area contributed by atoms with E-state index in [1.807, 2.05) is 0 Å². The van der Waals surface area contributed by atoms with Gasteiger partial charge in [0.25, 0.3) is 0 Å². The third kappa shape index (κ3) is 2.39. The van der Waals surface area contributed by atoms with Gasteiger partial charge >= 0.3 is 11.9 Å². The Morgan fingerprint density at radius 2 is 2.21 bits per heavy atom. The van der Waals surface area contributed by atoms with E-state index >= 15 is 0 Å². The quantitative estimate of drug-likeness (QED) is 0.692. The Balaban J connectivity index is 2.54. The molecule has 0 radical (unpaired) electrons. The van der Waals surface area contributed by atoms with Crippen molar-refractivity contribution >= 4 is 5.97 Å². The van der Waals surface area contributed by atoms with E-state index in [1.165, 1.54) is 4.90 Å². The Labute approximate surface area is 80.1 Å². The number of alkyl halides is 2. The lowest BCUT2D eigenvalue weighted by Gasteiger charge is -2.25. The van der Waals surface area contributed by atoms with Crippen LogP contribution in [0.2, 0.25) is 0 Å². The van der Waals surface area contributed by atoms with Gasteiger partial charge in [-0.3, -0.25) is 4.90 Å². The topological polar surface area (TPSA) is 60.8 Å². The van der Waals surface area contributed by atoms with Crippen LogP contribution in [0.4, 0.5) is 8.78 Å². The van der Waals surface area contributed by atoms with Crippen LogP contribution in [-0.4, -0.2) is 52.7 Å². The van der Waals surface area contributed by atoms with Gasteiger partial charge in [0.2, 0.25) is 0 Å². The summed E-state index contributed by atoms with van der Waals surface area (Å²) in [6.07, 6.45) is 1.37. The monoisotopic (exact) mass is 209 g/mol. The number of carboxylic acid groups (broad SMARTS) is 1. The van der Waals surface area contributed by atoms with Gasteiger partial charge in [-0.2, -0.15) is 8.78 Å². The van der Waals surface area contributed by atoms with Gasteiger partial charge < -0.3 is 10.2 Å². The van der Waals surface area contributed by atoms with Crippen molar-refractivity contribution in [1.82, 2.24) is 4.90 Å². The molecule has 0 bridgehead atoms. The number of likely N-dealkylation sites (tertiary alicyclic amines) is 1. The first-order valence-corrected chi connectivity index (χ1v) is 4.43. The smallest absolute Gasteiger partial charge is 0.375 e. The normalized spacial score (nSPS) is 24.1. The lowest BCUT2D eigenvalue weighted by atomic mass is 10.2. The second-order valence-corrected chi connectivity index (χ2v) is 3.46. The molecular weight excluding hydrogens is 196 g/mol. The zero-order valence-electron chi connectivity index (χ0n) is 7.62. The van der Waals surface area contributed by atoms with E-state index in [9.17, 15) is 13.6 Å². The van der Waals surface area contributed by atoms with Gasteiger partial charge in [0.05, 0.1) is 13.2 Å². The minimum atomic E-state index is -3.72. The number of aliphatic carboxylic acids is 1. The molecule has 1 atom stereocenters. The fraction of sp³-hybridized carbons (Fsp3) is 0.875. The maximum Gasteiger partial charge on any atom is 0.375 e. The molecule has 1 fully saturated rings. The zero-order chi connectivity index (χ0) is 10.8. The van der Waals surface area contributed by atoms with E-state index < -0.39 is 18.4 Å². The summed E-state index contributed by atoms with van der Waals surface area (Å²) < 4.78 is 25.6. The molecule has 1 aliphatic heterocycles. The first-order valence-electron chi connectivity index (χ1n) is 4.43. The van der Waals surface area contributed by atoms with Gasteiger partial charge in [-0.05, 0) is 19.4 Å². The molecule has 2 N–H and O–H groups in total. The highest BCUT2D eigenvalue weighted by atomic mass is 19.3. The molecule has 0 unspecified atom stereocenters. The molecule has 1 heterocycles. The van der Waals surface area contributed by atoms with Crippen molar-refractivity contribution in [2.75, 3.05) is 19.7 Å². The zero-order valence-corrected chi connectivity index (χ0v) is 7.62. The summed E-state index contributed by atoms with van der Waals surface area (Å²) in [6.45, 7) is -0.586. The van der Waals surface area contributed by atoms with Gasteiger partial charge in [0.15, 0.2) is 0 Å². The van der Waals surface area contributed by atoms with Crippen molar-refractivity contribution in [3.8, 4) is 0 Å². The van der Waals surface area contributed by atoms with Gasteiger partial charge in [-0.1, -0.05) is 0 Å². The average Bonchev–Trinajstić information content (AvgIpc) is 2.50. The number of hydrogen-bond donors (Lipinski definition) is 2. The third-order valence-electron chi connectivity index (χ3n) is 2.42. The number of rotatable bonds is 4. The number of aliphatic hydroxyl groups is 1. The summed E-state index contributed by atoms with van der Waals surface area (Å²) in [5, 5.41) is 17.1. The van der Waals surface area contributed by atoms with E-state index in [2.05, 4.69) is 0 Å². The Bertz CT molecular complexity index is 223. The summed E-state index contributed by atoms with van der Waals surface area (Å²) in [7, 11) is 0. The number of hydrogen-bond acceptors (Lipinski definition) is 3. The number of aliphatic hydroxyl groups excluding tert-OH is 1. The van der Waals surface area contributed by atoms with Crippen LogP contribution in [0, 0.1) is 0 Å². The largest absolute Gasteiger partial charge is 0.477 e. The standard InChI is InChI=1S/C8H13F2NO3/c9-8(10,7(13)14)5-11-3-1-2-6(11)4-12/h6,12H,1-5H2,(H,13,14)/t6-/m1/s1. The minimum absolute atomic E-state index is 0.199. The van der Waals surface area contributed by atoms with Crippen LogP contribution in [0.25, 0.3) is 0 Å². The van der Waals surface area contributed by atoms with E-state index in [0.717, 1.165) is 6.42 Å². The number of halogens is 2. The van der Waals surface area contributed by atoms with Crippen molar-refractivity contribution < 1.29 is 23.8 Å². The van der Waals surface area contributed by atoms with Gasteiger partial charge in [0, 0.05) is 6.04 Å². The highest BCUT2D eigenvalue weighted by Gasteiger charge is 2.42. The van der Waals surface area contributed by atoms with Crippen LogP contribution in [-0.2, 0) is 4.79 Å². The van der Waals surface area contributed by atoms with Crippen LogP contribution in [0.1, 0.15) is 12.8 Å². The predicted molar refractivity (Wildman–Crippen MR) is 44.3 cm³/mol. The van der Waals surface area contributed by atoms with Crippen molar-refractivity contribution in [1.29, 1.82) is 0 Å². The summed E-state index contributed by atoms with van der Waals surface area (Å²) in [6, 6.07) is -0.319. The molecule has 0 spiro atoms. The van der Waals surface area contributed by atoms with Crippen LogP contribution in [0.15, 0.2) is 0 Å². The molecule has 14 heavy (non-hydrogen) atoms. The van der Waals surface area contributed by atoms with Crippen LogP contribution >= 0.6 is 0 Å². The molecular formula is C8H13F2NO3. The molecule has 1 rings (SSSR count). The summed E-state index contributed by atoms with van der Waals surface area (Å²) in [5.74, 6) is -5.83. The highest BCUT2D eigenvalue weighted by Crippen LogP contribution is 2.23. The molecule has 0 saturated carbocycles. The predicted octanol–water partition coefficient (Wildman–Crippen LogP) is 0.163. The molecule has 6 heteroatoms. The van der Waals surface area contributed by atoms with E-state index in [0.29, 0.717) is 13.0 Å². The fourth-order valence-electron chi connectivity index (χ4n) is 1.63. The fourth-order valence-corrected chi connectivity index (χ4v) is 1.63. The molecule has 4 nitrogen and oxygen atoms in total. The van der Waals surface area contributed by atoms with Crippen molar-refractivity contribution in [2.45, 2.75) is 24.8 Å². The van der Waals surface area contributed by atoms with Crippen LogP contribution in [0.5, 0.6) is 0 Å². The number of nitrogens with zero attached hydrogens (tertiary/aromatic N) is 1. The van der Waals surface area contributed by atoms with Crippen molar-refractivity contribution in [3.63, 3.8) is 0 Å². The maximum absolute atomic E-state index is 12.8. The lowest BCUT2D eigenvalue weighted by Crippen LogP contribution is -2.45. The molecule has 1 saturated heterocycles. The molecule has 0 aliphatic carbocycles.